The zero-order valence-corrected chi connectivity index (χ0v) is 14.6. The summed E-state index contributed by atoms with van der Waals surface area (Å²) in [5, 5.41) is 0.273. The van der Waals surface area contributed by atoms with Crippen LogP contribution in [0.3, 0.4) is 0 Å². The molecular weight excluding hydrogens is 360 g/mol. The monoisotopic (exact) mass is 376 g/mol. The molecular formula is C18H17ClN2O5. The van der Waals surface area contributed by atoms with E-state index >= 15 is 0 Å². The van der Waals surface area contributed by atoms with Crippen LogP contribution in [-0.2, 0) is 9.53 Å². The minimum absolute atomic E-state index is 0.202. The van der Waals surface area contributed by atoms with E-state index in [0.717, 1.165) is 0 Å². The van der Waals surface area contributed by atoms with Crippen LogP contribution in [0.4, 0.5) is 0 Å². The van der Waals surface area contributed by atoms with Crippen LogP contribution in [0.5, 0.6) is 0 Å². The van der Waals surface area contributed by atoms with Crippen LogP contribution in [0.2, 0.25) is 5.02 Å². The fourth-order valence-corrected chi connectivity index (χ4v) is 2.85. The lowest BCUT2D eigenvalue weighted by Gasteiger charge is -2.34. The number of halogens is 1. The molecule has 2 amide bonds. The van der Waals surface area contributed by atoms with Gasteiger partial charge in [-0.1, -0.05) is 23.7 Å². The summed E-state index contributed by atoms with van der Waals surface area (Å²) < 4.78 is 10.1. The number of carbonyl (C=O) groups excluding carboxylic acids is 3. The van der Waals surface area contributed by atoms with Crippen LogP contribution in [0.1, 0.15) is 20.9 Å². The van der Waals surface area contributed by atoms with Crippen LogP contribution >= 0.6 is 11.6 Å². The molecule has 1 aliphatic heterocycles. The highest BCUT2D eigenvalue weighted by Gasteiger charge is 2.26. The Hall–Kier alpha value is -2.80. The van der Waals surface area contributed by atoms with Crippen molar-refractivity contribution < 1.29 is 23.5 Å². The molecule has 0 radical (unpaired) electrons. The third-order valence-corrected chi connectivity index (χ3v) is 4.40. The van der Waals surface area contributed by atoms with Crippen LogP contribution in [0.15, 0.2) is 47.1 Å². The zero-order valence-electron chi connectivity index (χ0n) is 13.9. The maximum absolute atomic E-state index is 12.2. The number of furan rings is 1. The number of ether oxygens (including phenoxy) is 1. The standard InChI is InChI=1S/C18H17ClN2O5/c19-14-5-2-1-4-13(14)18(24)26-12-16(22)20-7-9-21(10-8-20)17(23)15-6-3-11-25-15/h1-6,11H,7-10,12H2. The Kier molecular flexibility index (Phi) is 5.58. The topological polar surface area (TPSA) is 80.1 Å². The summed E-state index contributed by atoms with van der Waals surface area (Å²) in [5.74, 6) is -0.878. The first kappa shape index (κ1) is 18.0. The van der Waals surface area contributed by atoms with Crippen molar-refractivity contribution in [2.75, 3.05) is 32.8 Å². The first-order valence-electron chi connectivity index (χ1n) is 8.08. The number of esters is 1. The molecule has 1 aromatic carbocycles. The predicted molar refractivity (Wildman–Crippen MR) is 92.9 cm³/mol. The molecule has 0 atom stereocenters. The second kappa shape index (κ2) is 8.05. The second-order valence-corrected chi connectivity index (χ2v) is 6.11. The van der Waals surface area contributed by atoms with Crippen molar-refractivity contribution in [3.05, 3.63) is 59.0 Å². The van der Waals surface area contributed by atoms with E-state index in [1.165, 1.54) is 12.3 Å². The predicted octanol–water partition coefficient (Wildman–Crippen LogP) is 2.07. The van der Waals surface area contributed by atoms with Gasteiger partial charge in [-0.05, 0) is 24.3 Å². The van der Waals surface area contributed by atoms with Gasteiger partial charge in [0.1, 0.15) is 0 Å². The Morgan fingerprint density at radius 3 is 2.35 bits per heavy atom. The van der Waals surface area contributed by atoms with E-state index in [0.29, 0.717) is 26.2 Å². The van der Waals surface area contributed by atoms with Crippen LogP contribution < -0.4 is 0 Å². The van der Waals surface area contributed by atoms with Gasteiger partial charge in [0.2, 0.25) is 0 Å². The Morgan fingerprint density at radius 1 is 1.00 bits per heavy atom. The lowest BCUT2D eigenvalue weighted by Crippen LogP contribution is -2.51. The molecule has 3 rings (SSSR count). The SMILES string of the molecule is O=C(OCC(=O)N1CCN(C(=O)c2ccco2)CC1)c1ccccc1Cl. The van der Waals surface area contributed by atoms with E-state index in [1.807, 2.05) is 0 Å². The Morgan fingerprint density at radius 2 is 1.69 bits per heavy atom. The molecule has 0 spiro atoms. The molecule has 1 aliphatic rings. The first-order chi connectivity index (χ1) is 12.6. The van der Waals surface area contributed by atoms with E-state index in [4.69, 9.17) is 20.8 Å². The summed E-state index contributed by atoms with van der Waals surface area (Å²) in [6, 6.07) is 9.74. The summed E-state index contributed by atoms with van der Waals surface area (Å²) >= 11 is 5.93. The number of hydrogen-bond acceptors (Lipinski definition) is 5. The summed E-state index contributed by atoms with van der Waals surface area (Å²) in [7, 11) is 0. The van der Waals surface area contributed by atoms with Gasteiger partial charge in [-0.25, -0.2) is 4.79 Å². The van der Waals surface area contributed by atoms with E-state index in [1.54, 1.807) is 40.1 Å². The minimum Gasteiger partial charge on any atom is -0.459 e. The number of amides is 2. The van der Waals surface area contributed by atoms with Crippen molar-refractivity contribution in [2.24, 2.45) is 0 Å². The Balaban J connectivity index is 1.47. The van der Waals surface area contributed by atoms with E-state index < -0.39 is 5.97 Å². The largest absolute Gasteiger partial charge is 0.459 e. The average Bonchev–Trinajstić information content (AvgIpc) is 3.20. The molecule has 1 saturated heterocycles. The molecule has 7 nitrogen and oxygen atoms in total. The molecule has 26 heavy (non-hydrogen) atoms. The van der Waals surface area contributed by atoms with Crippen molar-refractivity contribution in [3.63, 3.8) is 0 Å². The van der Waals surface area contributed by atoms with Gasteiger partial charge in [-0.15, -0.1) is 0 Å². The lowest BCUT2D eigenvalue weighted by atomic mass is 10.2. The highest BCUT2D eigenvalue weighted by Crippen LogP contribution is 2.16. The normalized spacial score (nSPS) is 14.2. The molecule has 1 fully saturated rings. The van der Waals surface area contributed by atoms with Gasteiger partial charge in [0, 0.05) is 26.2 Å². The highest BCUT2D eigenvalue weighted by atomic mass is 35.5. The van der Waals surface area contributed by atoms with E-state index in [2.05, 4.69) is 0 Å². The van der Waals surface area contributed by atoms with Gasteiger partial charge in [-0.2, -0.15) is 0 Å². The maximum Gasteiger partial charge on any atom is 0.340 e. The summed E-state index contributed by atoms with van der Waals surface area (Å²) in [6.45, 7) is 1.16. The van der Waals surface area contributed by atoms with Gasteiger partial charge >= 0.3 is 5.97 Å². The van der Waals surface area contributed by atoms with Crippen LogP contribution in [0, 0.1) is 0 Å². The van der Waals surface area contributed by atoms with Crippen molar-refractivity contribution >= 4 is 29.4 Å². The fourth-order valence-electron chi connectivity index (χ4n) is 2.64. The summed E-state index contributed by atoms with van der Waals surface area (Å²) in [4.78, 5) is 39.6. The average molecular weight is 377 g/mol. The molecule has 2 heterocycles. The highest BCUT2D eigenvalue weighted by molar-refractivity contribution is 6.33. The molecule has 136 valence electrons. The van der Waals surface area contributed by atoms with Crippen molar-refractivity contribution in [3.8, 4) is 0 Å². The smallest absolute Gasteiger partial charge is 0.340 e. The number of hydrogen-bond donors (Lipinski definition) is 0. The third kappa shape index (κ3) is 4.05. The fraction of sp³-hybridized carbons (Fsp3) is 0.278. The number of benzene rings is 1. The van der Waals surface area contributed by atoms with Gasteiger partial charge in [0.25, 0.3) is 11.8 Å². The Labute approximate surface area is 155 Å². The molecule has 0 N–H and O–H groups in total. The lowest BCUT2D eigenvalue weighted by molar-refractivity contribution is -0.136. The summed E-state index contributed by atoms with van der Waals surface area (Å²) in [5.41, 5.74) is 0.218. The quantitative estimate of drug-likeness (QED) is 0.763. The Bertz CT molecular complexity index is 798. The van der Waals surface area contributed by atoms with Crippen LogP contribution in [-0.4, -0.2) is 60.4 Å². The van der Waals surface area contributed by atoms with E-state index in [-0.39, 0.29) is 34.8 Å². The molecule has 1 aromatic heterocycles. The minimum atomic E-state index is -0.643. The van der Waals surface area contributed by atoms with Gasteiger partial charge < -0.3 is 19.0 Å². The molecule has 8 heteroatoms. The molecule has 0 aliphatic carbocycles. The number of carbonyl (C=O) groups is 3. The number of piperazine rings is 1. The molecule has 0 saturated carbocycles. The maximum atomic E-state index is 12.2. The van der Waals surface area contributed by atoms with Crippen LogP contribution in [0.25, 0.3) is 0 Å². The molecule has 0 unspecified atom stereocenters. The van der Waals surface area contributed by atoms with Crippen molar-refractivity contribution in [1.82, 2.24) is 9.80 Å². The van der Waals surface area contributed by atoms with E-state index in [9.17, 15) is 14.4 Å². The first-order valence-corrected chi connectivity index (χ1v) is 8.46. The molecule has 2 aromatic rings. The summed E-state index contributed by atoms with van der Waals surface area (Å²) in [6.07, 6.45) is 1.44. The second-order valence-electron chi connectivity index (χ2n) is 5.71. The zero-order chi connectivity index (χ0) is 18.5. The third-order valence-electron chi connectivity index (χ3n) is 4.07. The van der Waals surface area contributed by atoms with Gasteiger partial charge in [0.15, 0.2) is 12.4 Å². The van der Waals surface area contributed by atoms with Crippen molar-refractivity contribution in [2.45, 2.75) is 0 Å². The van der Waals surface area contributed by atoms with Gasteiger partial charge in [0.05, 0.1) is 16.8 Å². The number of rotatable bonds is 4. The number of nitrogens with zero attached hydrogens (tertiary/aromatic N) is 2. The van der Waals surface area contributed by atoms with Crippen molar-refractivity contribution in [1.29, 1.82) is 0 Å². The van der Waals surface area contributed by atoms with Gasteiger partial charge in [-0.3, -0.25) is 9.59 Å². The molecule has 0 bridgehead atoms.